The summed E-state index contributed by atoms with van der Waals surface area (Å²) in [5, 5.41) is 0.758. The SMILES string of the molecule is CC1(C)/C(=C\C=C2/CCCC(/C=C/C3(C)N(CCCCS(=O)(=O)O)c4ccccc4C3(C)C)=C2Cl)N(CCCCS(=O)(=O)O)c2ccccc21. The molecular weight excluding hydrogens is 692 g/mol. The summed E-state index contributed by atoms with van der Waals surface area (Å²) in [4.78, 5) is 4.63. The monoisotopic (exact) mass is 742 g/mol. The Balaban J connectivity index is 1.43. The second-order valence-corrected chi connectivity index (χ2v) is 18.5. The highest BCUT2D eigenvalue weighted by Crippen LogP contribution is 2.53. The number of unbranched alkanes of at least 4 members (excludes halogenated alkanes) is 2. The molecule has 0 saturated heterocycles. The lowest BCUT2D eigenvalue weighted by molar-refractivity contribution is 0.347. The van der Waals surface area contributed by atoms with E-state index >= 15 is 0 Å². The lowest BCUT2D eigenvalue weighted by atomic mass is 9.70. The van der Waals surface area contributed by atoms with Crippen molar-refractivity contribution in [2.75, 3.05) is 34.4 Å². The van der Waals surface area contributed by atoms with Gasteiger partial charge in [0.15, 0.2) is 0 Å². The maximum atomic E-state index is 11.4. The average Bonchev–Trinajstić information content (AvgIpc) is 3.35. The number of fused-ring (bicyclic) bond motifs is 2. The summed E-state index contributed by atoms with van der Waals surface area (Å²) in [6.45, 7) is 12.4. The van der Waals surface area contributed by atoms with E-state index in [-0.39, 0.29) is 22.3 Å². The smallest absolute Gasteiger partial charge is 0.264 e. The van der Waals surface area contributed by atoms with Gasteiger partial charge in [-0.05, 0) is 92.4 Å². The number of halogens is 1. The predicted octanol–water partition coefficient (Wildman–Crippen LogP) is 8.72. The van der Waals surface area contributed by atoms with Crippen LogP contribution >= 0.6 is 11.6 Å². The van der Waals surface area contributed by atoms with Crippen molar-refractivity contribution >= 4 is 43.2 Å². The maximum absolute atomic E-state index is 11.4. The van der Waals surface area contributed by atoms with Gasteiger partial charge in [-0.15, -0.1) is 0 Å². The Bertz CT molecular complexity index is 1950. The van der Waals surface area contributed by atoms with E-state index in [0.29, 0.717) is 38.8 Å². The highest BCUT2D eigenvalue weighted by molar-refractivity contribution is 7.86. The molecule has 8 nitrogen and oxygen atoms in total. The molecular formula is C39H51ClN2O6S2. The van der Waals surface area contributed by atoms with Crippen LogP contribution < -0.4 is 9.80 Å². The minimum absolute atomic E-state index is 0.248. The first-order valence-electron chi connectivity index (χ1n) is 17.5. The normalized spacial score (nSPS) is 23.4. The molecule has 0 fully saturated rings. The summed E-state index contributed by atoms with van der Waals surface area (Å²) in [7, 11) is -8.01. The van der Waals surface area contributed by atoms with Gasteiger partial charge in [0, 0.05) is 46.0 Å². The molecule has 2 aromatic carbocycles. The molecule has 1 unspecified atom stereocenters. The molecule has 2 N–H and O–H groups in total. The molecule has 0 aromatic heterocycles. The van der Waals surface area contributed by atoms with E-state index in [1.165, 1.54) is 11.1 Å². The first kappa shape index (κ1) is 38.3. The van der Waals surface area contributed by atoms with Crippen LogP contribution in [0.15, 0.2) is 94.7 Å². The summed E-state index contributed by atoms with van der Waals surface area (Å²) >= 11 is 7.19. The third-order valence-electron chi connectivity index (χ3n) is 11.1. The number of hydrogen-bond donors (Lipinski definition) is 2. The van der Waals surface area contributed by atoms with E-state index in [1.807, 2.05) is 18.2 Å². The van der Waals surface area contributed by atoms with Gasteiger partial charge < -0.3 is 9.80 Å². The van der Waals surface area contributed by atoms with Crippen molar-refractivity contribution < 1.29 is 25.9 Å². The van der Waals surface area contributed by atoms with Gasteiger partial charge in [0.25, 0.3) is 20.2 Å². The van der Waals surface area contributed by atoms with E-state index in [9.17, 15) is 25.9 Å². The molecule has 0 amide bonds. The summed E-state index contributed by atoms with van der Waals surface area (Å²) < 4.78 is 63.9. The lowest BCUT2D eigenvalue weighted by Gasteiger charge is -2.44. The minimum Gasteiger partial charge on any atom is -0.362 e. The van der Waals surface area contributed by atoms with Gasteiger partial charge in [-0.25, -0.2) is 0 Å². The Morgan fingerprint density at radius 2 is 1.34 bits per heavy atom. The van der Waals surface area contributed by atoms with Gasteiger partial charge in [0.1, 0.15) is 0 Å². The van der Waals surface area contributed by atoms with Crippen LogP contribution in [0, 0.1) is 0 Å². The van der Waals surface area contributed by atoms with Gasteiger partial charge in [0.2, 0.25) is 0 Å². The number of para-hydroxylation sites is 2. The largest absolute Gasteiger partial charge is 0.362 e. The molecule has 5 rings (SSSR count). The number of hydrogen-bond acceptors (Lipinski definition) is 6. The molecule has 2 aliphatic heterocycles. The van der Waals surface area contributed by atoms with E-state index in [0.717, 1.165) is 52.5 Å². The van der Waals surface area contributed by atoms with Gasteiger partial charge in [-0.3, -0.25) is 9.11 Å². The molecule has 3 aliphatic rings. The van der Waals surface area contributed by atoms with Gasteiger partial charge >= 0.3 is 0 Å². The summed E-state index contributed by atoms with van der Waals surface area (Å²) in [5.74, 6) is -0.499. The Morgan fingerprint density at radius 1 is 0.760 bits per heavy atom. The van der Waals surface area contributed by atoms with Gasteiger partial charge in [0.05, 0.1) is 17.0 Å². The van der Waals surface area contributed by atoms with Crippen molar-refractivity contribution in [2.24, 2.45) is 0 Å². The van der Waals surface area contributed by atoms with Crippen LogP contribution in [-0.4, -0.2) is 56.1 Å². The van der Waals surface area contributed by atoms with Crippen LogP contribution in [0.2, 0.25) is 0 Å². The van der Waals surface area contributed by atoms with Crippen LogP contribution in [0.3, 0.4) is 0 Å². The van der Waals surface area contributed by atoms with Crippen molar-refractivity contribution in [3.8, 4) is 0 Å². The maximum Gasteiger partial charge on any atom is 0.264 e. The highest BCUT2D eigenvalue weighted by atomic mass is 35.5. The van der Waals surface area contributed by atoms with Gasteiger partial charge in [-0.2, -0.15) is 16.8 Å². The quantitative estimate of drug-likeness (QED) is 0.155. The second kappa shape index (κ2) is 14.6. The molecule has 2 heterocycles. The zero-order valence-corrected chi connectivity index (χ0v) is 32.2. The standard InChI is InChI=1S/C39H51ClN2O6S2/c1-37(2)31-17-6-8-19-33(31)41(25-10-12-27-49(43,44)45)35(37)22-21-29-15-14-16-30(36(29)40)23-24-39(5)38(3,4)32-18-7-9-20-34(32)42(39)26-11-13-28-50(46,47)48/h6-9,17-24H,10-16,25-28H2,1-5H3,(H,43,44,45)(H,46,47,48)/b24-23+,29-21+,35-22+. The Labute approximate surface area is 304 Å². The van der Waals surface area contributed by atoms with Crippen molar-refractivity contribution in [1.29, 1.82) is 0 Å². The fourth-order valence-corrected chi connectivity index (χ4v) is 9.34. The fourth-order valence-electron chi connectivity index (χ4n) is 7.89. The highest BCUT2D eigenvalue weighted by Gasteiger charge is 2.52. The van der Waals surface area contributed by atoms with Crippen molar-refractivity contribution in [3.05, 3.63) is 106 Å². The van der Waals surface area contributed by atoms with E-state index in [4.69, 9.17) is 11.6 Å². The van der Waals surface area contributed by atoms with Crippen molar-refractivity contribution in [3.63, 3.8) is 0 Å². The van der Waals surface area contributed by atoms with E-state index in [2.05, 4.69) is 99.1 Å². The number of rotatable bonds is 13. The molecule has 1 aliphatic carbocycles. The molecule has 0 bridgehead atoms. The average molecular weight is 743 g/mol. The molecule has 272 valence electrons. The summed E-state index contributed by atoms with van der Waals surface area (Å²) in [5.41, 5.74) is 7.03. The first-order valence-corrected chi connectivity index (χ1v) is 21.1. The van der Waals surface area contributed by atoms with E-state index < -0.39 is 25.8 Å². The molecule has 2 aromatic rings. The number of nitrogens with zero attached hydrogens (tertiary/aromatic N) is 2. The van der Waals surface area contributed by atoms with E-state index in [1.54, 1.807) is 0 Å². The van der Waals surface area contributed by atoms with Crippen LogP contribution in [0.1, 0.15) is 90.7 Å². The molecule has 11 heteroatoms. The summed E-state index contributed by atoms with van der Waals surface area (Å²) in [6.07, 6.45) is 13.4. The lowest BCUT2D eigenvalue weighted by Crippen LogP contribution is -2.52. The number of allylic oxidation sites excluding steroid dienone is 7. The predicted molar refractivity (Wildman–Crippen MR) is 205 cm³/mol. The summed E-state index contributed by atoms with van der Waals surface area (Å²) in [6, 6.07) is 16.7. The van der Waals surface area contributed by atoms with Crippen LogP contribution in [0.4, 0.5) is 11.4 Å². The van der Waals surface area contributed by atoms with Crippen LogP contribution in [0.25, 0.3) is 0 Å². The molecule has 0 radical (unpaired) electrons. The Hall–Kier alpha value is -2.89. The Kier molecular flexibility index (Phi) is 11.2. The second-order valence-electron chi connectivity index (χ2n) is 15.0. The first-order chi connectivity index (χ1) is 23.4. The third-order valence-corrected chi connectivity index (χ3v) is 13.2. The number of benzene rings is 2. The minimum atomic E-state index is -4.01. The topological polar surface area (TPSA) is 115 Å². The fraction of sp³-hybridized carbons (Fsp3) is 0.487. The Morgan fingerprint density at radius 3 is 1.98 bits per heavy atom. The molecule has 0 saturated carbocycles. The van der Waals surface area contributed by atoms with Gasteiger partial charge in [-0.1, -0.05) is 93.9 Å². The molecule has 0 spiro atoms. The van der Waals surface area contributed by atoms with Crippen molar-refractivity contribution in [2.45, 2.75) is 95.9 Å². The zero-order chi connectivity index (χ0) is 36.5. The van der Waals surface area contributed by atoms with Crippen LogP contribution in [-0.2, 0) is 31.1 Å². The molecule has 1 atom stereocenters. The molecule has 50 heavy (non-hydrogen) atoms. The third kappa shape index (κ3) is 7.94. The van der Waals surface area contributed by atoms with Crippen molar-refractivity contribution in [1.82, 2.24) is 0 Å². The number of anilines is 2. The van der Waals surface area contributed by atoms with Crippen LogP contribution in [0.5, 0.6) is 0 Å². The zero-order valence-electron chi connectivity index (χ0n) is 29.8.